The van der Waals surface area contributed by atoms with Crippen molar-refractivity contribution in [3.8, 4) is 6.07 Å². The zero-order valence-electron chi connectivity index (χ0n) is 19.7. The van der Waals surface area contributed by atoms with Gasteiger partial charge in [0.05, 0.1) is 6.04 Å². The molecule has 0 saturated heterocycles. The van der Waals surface area contributed by atoms with Crippen LogP contribution in [0.4, 0.5) is 10.6 Å². The smallest absolute Gasteiger partial charge is 0.430 e. The number of ether oxygens (including phenoxy) is 1. The summed E-state index contributed by atoms with van der Waals surface area (Å²) in [5, 5.41) is 11.1. The Morgan fingerprint density at radius 3 is 2.22 bits per heavy atom. The molecule has 1 aromatic heterocycles. The molecule has 0 unspecified atom stereocenters. The van der Waals surface area contributed by atoms with E-state index in [0.717, 1.165) is 17.5 Å². The van der Waals surface area contributed by atoms with Crippen LogP contribution in [0.15, 0.2) is 29.1 Å². The molecule has 1 aliphatic rings. The van der Waals surface area contributed by atoms with Gasteiger partial charge < -0.3 is 9.64 Å². The predicted molar refractivity (Wildman–Crippen MR) is 124 cm³/mol. The van der Waals surface area contributed by atoms with Gasteiger partial charge in [0.2, 0.25) is 0 Å². The fourth-order valence-corrected chi connectivity index (χ4v) is 3.90. The van der Waals surface area contributed by atoms with E-state index >= 15 is 0 Å². The second-order valence-corrected chi connectivity index (χ2v) is 9.26. The van der Waals surface area contributed by atoms with Crippen LogP contribution in [-0.4, -0.2) is 40.5 Å². The first kappa shape index (κ1) is 23.3. The van der Waals surface area contributed by atoms with Crippen molar-refractivity contribution in [2.45, 2.75) is 66.0 Å². The quantitative estimate of drug-likeness (QED) is 0.732. The summed E-state index contributed by atoms with van der Waals surface area (Å²) in [6.45, 7) is 11.8. The second-order valence-electron chi connectivity index (χ2n) is 9.26. The molecule has 8 heteroatoms. The molecule has 0 aliphatic carbocycles. The minimum absolute atomic E-state index is 0.0734. The Hall–Kier alpha value is -3.34. The van der Waals surface area contributed by atoms with Gasteiger partial charge in [0.15, 0.2) is 11.4 Å². The lowest BCUT2D eigenvalue weighted by Gasteiger charge is -2.32. The molecule has 32 heavy (non-hydrogen) atoms. The molecule has 0 spiro atoms. The van der Waals surface area contributed by atoms with E-state index in [-0.39, 0.29) is 11.6 Å². The molecule has 170 valence electrons. The van der Waals surface area contributed by atoms with Crippen molar-refractivity contribution in [2.75, 3.05) is 23.0 Å². The van der Waals surface area contributed by atoms with Crippen LogP contribution in [0.2, 0.25) is 0 Å². The molecular weight excluding hydrogens is 406 g/mol. The molecule has 1 aromatic carbocycles. The third kappa shape index (κ3) is 4.77. The van der Waals surface area contributed by atoms with Crippen molar-refractivity contribution in [2.24, 2.45) is 0 Å². The highest BCUT2D eigenvalue weighted by Crippen LogP contribution is 2.22. The Morgan fingerprint density at radius 2 is 1.75 bits per heavy atom. The van der Waals surface area contributed by atoms with Crippen molar-refractivity contribution in [1.82, 2.24) is 9.66 Å². The summed E-state index contributed by atoms with van der Waals surface area (Å²) in [4.78, 5) is 32.9. The lowest BCUT2D eigenvalue weighted by atomic mass is 10.0. The normalized spacial score (nSPS) is 13.9. The van der Waals surface area contributed by atoms with E-state index in [0.29, 0.717) is 24.7 Å². The van der Waals surface area contributed by atoms with E-state index in [2.05, 4.69) is 17.1 Å². The van der Waals surface area contributed by atoms with Crippen LogP contribution in [0.25, 0.3) is 0 Å². The zero-order chi connectivity index (χ0) is 23.6. The van der Waals surface area contributed by atoms with E-state index in [9.17, 15) is 14.9 Å². The fourth-order valence-electron chi connectivity index (χ4n) is 3.90. The molecule has 3 rings (SSSR count). The first-order valence-electron chi connectivity index (χ1n) is 10.9. The summed E-state index contributed by atoms with van der Waals surface area (Å²) in [5.41, 5.74) is 1.17. The molecule has 1 aliphatic heterocycles. The maximum atomic E-state index is 13.4. The van der Waals surface area contributed by atoms with Crippen molar-refractivity contribution in [3.05, 3.63) is 57.1 Å². The maximum absolute atomic E-state index is 13.4. The van der Waals surface area contributed by atoms with Crippen LogP contribution >= 0.6 is 0 Å². The van der Waals surface area contributed by atoms with Crippen LogP contribution in [-0.2, 0) is 17.6 Å². The second kappa shape index (κ2) is 9.03. The summed E-state index contributed by atoms with van der Waals surface area (Å²) in [7, 11) is 0. The van der Waals surface area contributed by atoms with Gasteiger partial charge >= 0.3 is 6.09 Å². The number of hydrogen-bond acceptors (Lipinski definition) is 6. The van der Waals surface area contributed by atoms with Gasteiger partial charge in [-0.15, -0.1) is 0 Å². The molecule has 0 saturated carbocycles. The number of amides is 1. The zero-order valence-corrected chi connectivity index (χ0v) is 19.7. The third-order valence-corrected chi connectivity index (χ3v) is 5.32. The molecule has 0 N–H and O–H groups in total. The van der Waals surface area contributed by atoms with Gasteiger partial charge in [0, 0.05) is 13.1 Å². The molecule has 1 amide bonds. The first-order valence-corrected chi connectivity index (χ1v) is 10.9. The summed E-state index contributed by atoms with van der Waals surface area (Å²) < 4.78 is 6.66. The van der Waals surface area contributed by atoms with E-state index < -0.39 is 17.3 Å². The first-order chi connectivity index (χ1) is 15.0. The van der Waals surface area contributed by atoms with Gasteiger partial charge in [-0.25, -0.2) is 14.8 Å². The van der Waals surface area contributed by atoms with Crippen molar-refractivity contribution in [1.29, 1.82) is 5.26 Å². The van der Waals surface area contributed by atoms with Crippen molar-refractivity contribution in [3.63, 3.8) is 0 Å². The van der Waals surface area contributed by atoms with Gasteiger partial charge in [-0.1, -0.05) is 24.3 Å². The predicted octanol–water partition coefficient (Wildman–Crippen LogP) is 3.31. The van der Waals surface area contributed by atoms with E-state index in [1.807, 2.05) is 23.1 Å². The van der Waals surface area contributed by atoms with Gasteiger partial charge in [-0.3, -0.25) is 4.79 Å². The van der Waals surface area contributed by atoms with Crippen LogP contribution in [0.5, 0.6) is 0 Å². The number of anilines is 1. The monoisotopic (exact) mass is 437 g/mol. The Kier molecular flexibility index (Phi) is 6.58. The highest BCUT2D eigenvalue weighted by Gasteiger charge is 2.30. The van der Waals surface area contributed by atoms with Crippen LogP contribution in [0, 0.1) is 18.3 Å². The third-order valence-electron chi connectivity index (χ3n) is 5.32. The van der Waals surface area contributed by atoms with Gasteiger partial charge in [-0.05, 0) is 65.5 Å². The number of rotatable bonds is 3. The Morgan fingerprint density at radius 1 is 1.19 bits per heavy atom. The topological polar surface area (TPSA) is 91.5 Å². The Balaban J connectivity index is 2.03. The van der Waals surface area contributed by atoms with Gasteiger partial charge in [0.1, 0.15) is 17.5 Å². The highest BCUT2D eigenvalue weighted by atomic mass is 16.6. The van der Waals surface area contributed by atoms with E-state index in [1.165, 1.54) is 16.1 Å². The summed E-state index contributed by atoms with van der Waals surface area (Å²) in [6, 6.07) is 9.93. The SMILES string of the molecule is Cc1nc(N2CCc3ccccc3CC2)c(C#N)c(=O)n1N(C(=O)OC(C)(C)C)C(C)C. The molecule has 2 heterocycles. The average molecular weight is 438 g/mol. The highest BCUT2D eigenvalue weighted by molar-refractivity contribution is 5.79. The number of fused-ring (bicyclic) bond motifs is 1. The lowest BCUT2D eigenvalue weighted by molar-refractivity contribution is 0.0519. The van der Waals surface area contributed by atoms with Crippen molar-refractivity contribution >= 4 is 11.9 Å². The molecule has 2 aromatic rings. The van der Waals surface area contributed by atoms with Crippen LogP contribution in [0.3, 0.4) is 0 Å². The minimum Gasteiger partial charge on any atom is -0.442 e. The number of hydrogen-bond donors (Lipinski definition) is 0. The molecule has 0 bridgehead atoms. The minimum atomic E-state index is -0.728. The van der Waals surface area contributed by atoms with E-state index in [1.54, 1.807) is 41.5 Å². The lowest BCUT2D eigenvalue weighted by Crippen LogP contribution is -2.54. The van der Waals surface area contributed by atoms with Crippen molar-refractivity contribution < 1.29 is 9.53 Å². The average Bonchev–Trinajstić information content (AvgIpc) is 2.91. The maximum Gasteiger partial charge on any atom is 0.430 e. The molecule has 8 nitrogen and oxygen atoms in total. The number of nitriles is 1. The number of aromatic nitrogens is 2. The molecular formula is C24H31N5O3. The van der Waals surface area contributed by atoms with Crippen LogP contribution < -0.4 is 15.5 Å². The van der Waals surface area contributed by atoms with E-state index in [4.69, 9.17) is 4.74 Å². The van der Waals surface area contributed by atoms with Crippen LogP contribution in [0.1, 0.15) is 57.1 Å². The van der Waals surface area contributed by atoms with Gasteiger partial charge in [0.25, 0.3) is 5.56 Å². The molecule has 0 fully saturated rings. The molecule has 0 atom stereocenters. The Labute approximate surface area is 189 Å². The Bertz CT molecular complexity index is 1080. The van der Waals surface area contributed by atoms with Gasteiger partial charge in [-0.2, -0.15) is 9.94 Å². The summed E-state index contributed by atoms with van der Waals surface area (Å²) in [5.74, 6) is 0.692. The number of aryl methyl sites for hydroxylation is 1. The standard InChI is InChI=1S/C24H31N5O3/c1-16(2)28(23(31)32-24(4,5)6)29-17(3)26-21(20(15-25)22(29)30)27-13-11-18-9-7-8-10-19(18)12-14-27/h7-10,16H,11-14H2,1-6H3. The summed E-state index contributed by atoms with van der Waals surface area (Å²) >= 11 is 0. The number of carbonyl (C=O) groups excluding carboxylic acids is 1. The molecule has 0 radical (unpaired) electrons. The summed E-state index contributed by atoms with van der Waals surface area (Å²) in [6.07, 6.45) is 0.947. The number of benzene rings is 1. The number of nitrogens with zero attached hydrogens (tertiary/aromatic N) is 5. The number of carbonyl (C=O) groups is 1. The fraction of sp³-hybridized carbons (Fsp3) is 0.500. The largest absolute Gasteiger partial charge is 0.442 e.